The molecule has 0 spiro atoms. The third kappa shape index (κ3) is 7.77. The molecule has 10 nitrogen and oxygen atoms in total. The average molecular weight is 648 g/mol. The van der Waals surface area contributed by atoms with Gasteiger partial charge in [-0.15, -0.1) is 0 Å². The number of carbonyl (C=O) groups excluding carboxylic acids is 2. The van der Waals surface area contributed by atoms with Gasteiger partial charge in [-0.3, -0.25) is 14.4 Å². The predicted molar refractivity (Wildman–Crippen MR) is 176 cm³/mol. The molecular formula is C36H46FN5O5. The van der Waals surface area contributed by atoms with Crippen LogP contribution in [0.3, 0.4) is 0 Å². The van der Waals surface area contributed by atoms with E-state index in [1.165, 1.54) is 10.5 Å². The van der Waals surface area contributed by atoms with Gasteiger partial charge in [0.1, 0.15) is 24.3 Å². The summed E-state index contributed by atoms with van der Waals surface area (Å²) in [5.41, 5.74) is 4.22. The summed E-state index contributed by atoms with van der Waals surface area (Å²) in [4.78, 5) is 34.8. The fourth-order valence-electron chi connectivity index (χ4n) is 7.33. The molecule has 3 aliphatic rings. The van der Waals surface area contributed by atoms with Crippen LogP contribution in [0.25, 0.3) is 11.1 Å². The van der Waals surface area contributed by atoms with Gasteiger partial charge in [-0.05, 0) is 105 Å². The van der Waals surface area contributed by atoms with Gasteiger partial charge in [0.25, 0.3) is 0 Å². The number of ether oxygens (including phenoxy) is 2. The molecule has 6 rings (SSSR count). The van der Waals surface area contributed by atoms with Gasteiger partial charge in [0, 0.05) is 30.4 Å². The summed E-state index contributed by atoms with van der Waals surface area (Å²) in [6.45, 7) is 3.00. The van der Waals surface area contributed by atoms with E-state index in [-0.39, 0.29) is 30.6 Å². The van der Waals surface area contributed by atoms with Crippen molar-refractivity contribution in [2.75, 3.05) is 38.3 Å². The molecule has 47 heavy (non-hydrogen) atoms. The lowest BCUT2D eigenvalue weighted by Crippen LogP contribution is -2.54. The number of β-amino-alcohol motifs (C(OH)–C–C–N with tert-alkyl or cyclic N) is 1. The van der Waals surface area contributed by atoms with E-state index in [4.69, 9.17) is 9.47 Å². The van der Waals surface area contributed by atoms with Crippen molar-refractivity contribution in [3.63, 3.8) is 0 Å². The van der Waals surface area contributed by atoms with Gasteiger partial charge in [-0.1, -0.05) is 12.1 Å². The number of hydrogen-bond donors (Lipinski definition) is 1. The Balaban J connectivity index is 1.14. The van der Waals surface area contributed by atoms with Crippen LogP contribution in [0.2, 0.25) is 0 Å². The normalized spacial score (nSPS) is 23.2. The molecule has 3 heterocycles. The number of methoxy groups -OCH3 is 1. The SMILES string of the molecule is COc1ccc(C2CCC(CN(C(=O)C3CCC(OC(=O)N4CC(O)C4)CC3)c3cc(-c4cnn(CCF)c4)ccn3)CC2)cc1C. The number of likely N-dealkylation sites (tertiary alicyclic amines) is 1. The standard InChI is InChI=1S/C36H46FN5O5/c1-24-17-28(9-12-33(24)46-2)26-5-3-25(4-6-26)20-42(34-18-29(13-15-38-34)30-19-39-41(21-30)16-14-37)35(44)27-7-10-32(11-8-27)47-36(45)40-22-31(43)23-40/h9,12-13,15,17-19,21,25-27,31-32,43H,3-8,10-11,14,16,20,22-23H2,1-2H3. The van der Waals surface area contributed by atoms with E-state index in [0.717, 1.165) is 48.1 Å². The van der Waals surface area contributed by atoms with E-state index >= 15 is 0 Å². The van der Waals surface area contributed by atoms with Crippen molar-refractivity contribution in [3.05, 3.63) is 60.0 Å². The molecule has 2 aromatic heterocycles. The van der Waals surface area contributed by atoms with Crippen LogP contribution in [0.4, 0.5) is 15.0 Å². The molecule has 2 amide bonds. The maximum absolute atomic E-state index is 14.3. The van der Waals surface area contributed by atoms with Crippen LogP contribution < -0.4 is 9.64 Å². The minimum Gasteiger partial charge on any atom is -0.496 e. The Bertz CT molecular complexity index is 1530. The maximum Gasteiger partial charge on any atom is 0.410 e. The summed E-state index contributed by atoms with van der Waals surface area (Å²) >= 11 is 0. The first-order chi connectivity index (χ1) is 22.8. The van der Waals surface area contributed by atoms with Gasteiger partial charge in [0.15, 0.2) is 0 Å². The summed E-state index contributed by atoms with van der Waals surface area (Å²) in [7, 11) is 1.70. The Morgan fingerprint density at radius 1 is 1.02 bits per heavy atom. The molecule has 11 heteroatoms. The Morgan fingerprint density at radius 3 is 2.47 bits per heavy atom. The van der Waals surface area contributed by atoms with E-state index in [1.54, 1.807) is 24.2 Å². The molecule has 1 N–H and O–H groups in total. The first-order valence-corrected chi connectivity index (χ1v) is 17.0. The number of nitrogens with zero attached hydrogens (tertiary/aromatic N) is 5. The van der Waals surface area contributed by atoms with Gasteiger partial charge < -0.3 is 19.5 Å². The Morgan fingerprint density at radius 2 is 1.79 bits per heavy atom. The monoisotopic (exact) mass is 647 g/mol. The molecule has 2 saturated carbocycles. The Labute approximate surface area is 275 Å². The molecule has 3 aromatic rings. The van der Waals surface area contributed by atoms with Crippen molar-refractivity contribution in [2.45, 2.75) is 83.0 Å². The number of pyridine rings is 1. The van der Waals surface area contributed by atoms with Crippen LogP contribution >= 0.6 is 0 Å². The van der Waals surface area contributed by atoms with Crippen LogP contribution in [0.1, 0.15) is 68.4 Å². The fraction of sp³-hybridized carbons (Fsp3) is 0.556. The topological polar surface area (TPSA) is 110 Å². The van der Waals surface area contributed by atoms with Gasteiger partial charge in [-0.25, -0.2) is 14.2 Å². The van der Waals surface area contributed by atoms with Crippen LogP contribution in [-0.2, 0) is 16.1 Å². The van der Waals surface area contributed by atoms with Crippen molar-refractivity contribution in [1.29, 1.82) is 0 Å². The molecule has 0 atom stereocenters. The van der Waals surface area contributed by atoms with E-state index in [9.17, 15) is 19.1 Å². The van der Waals surface area contributed by atoms with Gasteiger partial charge in [0.05, 0.1) is 39.0 Å². The first-order valence-electron chi connectivity index (χ1n) is 17.0. The summed E-state index contributed by atoms with van der Waals surface area (Å²) < 4.78 is 25.6. The lowest BCUT2D eigenvalue weighted by atomic mass is 9.78. The maximum atomic E-state index is 14.3. The quantitative estimate of drug-likeness (QED) is 0.291. The van der Waals surface area contributed by atoms with Crippen molar-refractivity contribution < 1.29 is 28.6 Å². The summed E-state index contributed by atoms with van der Waals surface area (Å²) in [6, 6.07) is 10.3. The summed E-state index contributed by atoms with van der Waals surface area (Å²) in [5, 5.41) is 13.8. The molecule has 1 saturated heterocycles. The number of anilines is 1. The minimum atomic E-state index is -0.492. The minimum absolute atomic E-state index is 0.0614. The van der Waals surface area contributed by atoms with Crippen LogP contribution in [0.15, 0.2) is 48.9 Å². The zero-order valence-corrected chi connectivity index (χ0v) is 27.4. The summed E-state index contributed by atoms with van der Waals surface area (Å²) in [6.07, 6.45) is 10.8. The highest BCUT2D eigenvalue weighted by atomic mass is 19.1. The number of hydrogen-bond acceptors (Lipinski definition) is 7. The number of benzene rings is 1. The number of aliphatic hydroxyl groups excluding tert-OH is 1. The average Bonchev–Trinajstić information content (AvgIpc) is 3.55. The zero-order valence-electron chi connectivity index (χ0n) is 27.4. The number of aliphatic hydroxyl groups is 1. The third-order valence-corrected chi connectivity index (χ3v) is 10.2. The van der Waals surface area contributed by atoms with Crippen molar-refractivity contribution in [3.8, 4) is 16.9 Å². The molecular weight excluding hydrogens is 601 g/mol. The number of alkyl halides is 1. The molecule has 0 bridgehead atoms. The Kier molecular flexibility index (Phi) is 10.4. The van der Waals surface area contributed by atoms with E-state index in [0.29, 0.717) is 63.0 Å². The smallest absolute Gasteiger partial charge is 0.410 e. The molecule has 0 radical (unpaired) electrons. The highest BCUT2D eigenvalue weighted by Gasteiger charge is 2.36. The molecule has 3 fully saturated rings. The Hall–Kier alpha value is -3.99. The van der Waals surface area contributed by atoms with E-state index < -0.39 is 12.8 Å². The highest BCUT2D eigenvalue weighted by Crippen LogP contribution is 2.39. The number of amides is 2. The van der Waals surface area contributed by atoms with Crippen LogP contribution in [0, 0.1) is 18.8 Å². The van der Waals surface area contributed by atoms with Gasteiger partial charge >= 0.3 is 6.09 Å². The lowest BCUT2D eigenvalue weighted by molar-refractivity contribution is -0.124. The summed E-state index contributed by atoms with van der Waals surface area (Å²) in [5.74, 6) is 2.22. The highest BCUT2D eigenvalue weighted by molar-refractivity contribution is 5.94. The van der Waals surface area contributed by atoms with E-state index in [1.807, 2.05) is 23.2 Å². The van der Waals surface area contributed by atoms with Gasteiger partial charge in [0.2, 0.25) is 5.91 Å². The number of halogens is 1. The van der Waals surface area contributed by atoms with Crippen molar-refractivity contribution in [2.24, 2.45) is 11.8 Å². The fourth-order valence-corrected chi connectivity index (χ4v) is 7.33. The zero-order chi connectivity index (χ0) is 32.9. The largest absolute Gasteiger partial charge is 0.496 e. The van der Waals surface area contributed by atoms with Crippen LogP contribution in [-0.4, -0.2) is 82.4 Å². The number of carbonyl (C=O) groups is 2. The lowest BCUT2D eigenvalue weighted by Gasteiger charge is -2.38. The second kappa shape index (κ2) is 14.8. The second-order valence-electron chi connectivity index (χ2n) is 13.4. The number of rotatable bonds is 10. The third-order valence-electron chi connectivity index (χ3n) is 10.2. The number of aromatic nitrogens is 3. The molecule has 1 aromatic carbocycles. The molecule has 0 unspecified atom stereocenters. The first kappa shape index (κ1) is 32.9. The second-order valence-corrected chi connectivity index (χ2v) is 13.4. The molecule has 252 valence electrons. The van der Waals surface area contributed by atoms with Gasteiger partial charge in [-0.2, -0.15) is 5.10 Å². The molecule has 2 aliphatic carbocycles. The number of aryl methyl sites for hydroxylation is 2. The molecule has 1 aliphatic heterocycles. The van der Waals surface area contributed by atoms with Crippen LogP contribution in [0.5, 0.6) is 5.75 Å². The van der Waals surface area contributed by atoms with Crippen molar-refractivity contribution >= 4 is 17.8 Å². The predicted octanol–water partition coefficient (Wildman–Crippen LogP) is 5.91. The van der Waals surface area contributed by atoms with Crippen molar-refractivity contribution in [1.82, 2.24) is 19.7 Å². The van der Waals surface area contributed by atoms with E-state index in [2.05, 4.69) is 35.2 Å².